The summed E-state index contributed by atoms with van der Waals surface area (Å²) in [6.45, 7) is 1.79. The molecule has 1 amide bonds. The largest absolute Gasteiger partial charge is 0.481 e. The third kappa shape index (κ3) is 5.43. The van der Waals surface area contributed by atoms with Gasteiger partial charge in [0.1, 0.15) is 6.61 Å². The summed E-state index contributed by atoms with van der Waals surface area (Å²) in [7, 11) is 0. The summed E-state index contributed by atoms with van der Waals surface area (Å²) in [4.78, 5) is 33.8. The van der Waals surface area contributed by atoms with Gasteiger partial charge in [0.15, 0.2) is 5.92 Å². The van der Waals surface area contributed by atoms with Crippen LogP contribution in [0.1, 0.15) is 25.3 Å². The minimum absolute atomic E-state index is 0.0241. The molecule has 0 aliphatic heterocycles. The lowest BCUT2D eigenvalue weighted by Crippen LogP contribution is -2.46. The van der Waals surface area contributed by atoms with Crippen molar-refractivity contribution in [3.05, 3.63) is 35.9 Å². The monoisotopic (exact) mass is 309 g/mol. The molecular formula is C15H19NO6. The number of carboxylic acids is 2. The highest BCUT2D eigenvalue weighted by molar-refractivity contribution is 5.94. The van der Waals surface area contributed by atoms with Crippen molar-refractivity contribution in [1.82, 2.24) is 5.32 Å². The van der Waals surface area contributed by atoms with Gasteiger partial charge in [-0.05, 0) is 12.0 Å². The number of nitrogens with one attached hydrogen (secondary N) is 1. The molecule has 0 aliphatic carbocycles. The molecule has 0 aliphatic rings. The molecule has 0 bridgehead atoms. The van der Waals surface area contributed by atoms with Crippen molar-refractivity contribution in [2.24, 2.45) is 5.92 Å². The highest BCUT2D eigenvalue weighted by Gasteiger charge is 2.35. The van der Waals surface area contributed by atoms with Gasteiger partial charge in [-0.3, -0.25) is 9.59 Å². The van der Waals surface area contributed by atoms with E-state index in [0.29, 0.717) is 6.42 Å². The molecule has 22 heavy (non-hydrogen) atoms. The third-order valence-electron chi connectivity index (χ3n) is 3.05. The molecule has 1 unspecified atom stereocenters. The molecule has 0 saturated heterocycles. The Labute approximate surface area is 127 Å². The van der Waals surface area contributed by atoms with Gasteiger partial charge in [-0.1, -0.05) is 43.7 Å². The Morgan fingerprint density at radius 1 is 1.14 bits per heavy atom. The van der Waals surface area contributed by atoms with Crippen LogP contribution in [0.2, 0.25) is 0 Å². The Kier molecular flexibility index (Phi) is 6.88. The van der Waals surface area contributed by atoms with Crippen LogP contribution in [0.25, 0.3) is 0 Å². The van der Waals surface area contributed by atoms with Gasteiger partial charge in [0, 0.05) is 0 Å². The zero-order valence-corrected chi connectivity index (χ0v) is 12.2. The highest BCUT2D eigenvalue weighted by atomic mass is 16.5. The summed E-state index contributed by atoms with van der Waals surface area (Å²) in [5.41, 5.74) is 0.776. The summed E-state index contributed by atoms with van der Waals surface area (Å²) >= 11 is 0. The van der Waals surface area contributed by atoms with Crippen LogP contribution >= 0.6 is 0 Å². The van der Waals surface area contributed by atoms with Crippen molar-refractivity contribution in [2.75, 3.05) is 0 Å². The molecule has 120 valence electrons. The molecule has 7 heteroatoms. The predicted octanol–water partition coefficient (Wildman–Crippen LogP) is 1.87. The fourth-order valence-electron chi connectivity index (χ4n) is 2.00. The molecule has 1 aromatic carbocycles. The van der Waals surface area contributed by atoms with E-state index >= 15 is 0 Å². The number of aliphatic carboxylic acids is 2. The molecular weight excluding hydrogens is 290 g/mol. The Balaban J connectivity index is 2.63. The lowest BCUT2D eigenvalue weighted by molar-refractivity contribution is -0.155. The molecule has 0 radical (unpaired) electrons. The molecule has 1 aromatic rings. The van der Waals surface area contributed by atoms with Gasteiger partial charge in [0.05, 0.1) is 6.04 Å². The number of ether oxygens (including phenoxy) is 1. The average molecular weight is 309 g/mol. The molecule has 7 nitrogen and oxygen atoms in total. The van der Waals surface area contributed by atoms with E-state index in [9.17, 15) is 14.4 Å². The maximum Gasteiger partial charge on any atom is 0.407 e. The number of carbonyl (C=O) groups is 3. The summed E-state index contributed by atoms with van der Waals surface area (Å²) in [5.74, 6) is -4.69. The van der Waals surface area contributed by atoms with E-state index in [2.05, 4.69) is 5.32 Å². The maximum atomic E-state index is 11.7. The number of alkyl carbamates (subject to hydrolysis) is 1. The minimum Gasteiger partial charge on any atom is -0.481 e. The summed E-state index contributed by atoms with van der Waals surface area (Å²) < 4.78 is 4.98. The number of rotatable bonds is 8. The quantitative estimate of drug-likeness (QED) is 0.632. The number of hydrogen-bond acceptors (Lipinski definition) is 4. The SMILES string of the molecule is CCCC(NC(=O)OCc1ccccc1)C(C(=O)O)C(=O)O. The van der Waals surface area contributed by atoms with Crippen LogP contribution in [0.15, 0.2) is 30.3 Å². The summed E-state index contributed by atoms with van der Waals surface area (Å²) in [5, 5.41) is 20.3. The zero-order chi connectivity index (χ0) is 16.5. The summed E-state index contributed by atoms with van der Waals surface area (Å²) in [6.07, 6.45) is -0.0838. The van der Waals surface area contributed by atoms with Crippen LogP contribution in [0.3, 0.4) is 0 Å². The van der Waals surface area contributed by atoms with E-state index in [0.717, 1.165) is 5.56 Å². The zero-order valence-electron chi connectivity index (χ0n) is 12.2. The number of carboxylic acid groups (broad SMARTS) is 2. The lowest BCUT2D eigenvalue weighted by atomic mass is 9.96. The number of hydrogen-bond donors (Lipinski definition) is 3. The standard InChI is InChI=1S/C15H19NO6/c1-2-6-11(12(13(17)18)14(19)20)16-15(21)22-9-10-7-4-3-5-8-10/h3-5,7-8,11-12H,2,6,9H2,1H3,(H,16,21)(H,17,18)(H,19,20). The predicted molar refractivity (Wildman–Crippen MR) is 77.2 cm³/mol. The maximum absolute atomic E-state index is 11.7. The molecule has 0 aromatic heterocycles. The Morgan fingerprint density at radius 2 is 1.73 bits per heavy atom. The van der Waals surface area contributed by atoms with E-state index in [1.54, 1.807) is 31.2 Å². The molecule has 0 heterocycles. The van der Waals surface area contributed by atoms with Crippen LogP contribution in [0.4, 0.5) is 4.79 Å². The van der Waals surface area contributed by atoms with Gasteiger partial charge < -0.3 is 20.3 Å². The van der Waals surface area contributed by atoms with Crippen LogP contribution in [0, 0.1) is 5.92 Å². The van der Waals surface area contributed by atoms with Crippen molar-refractivity contribution in [3.8, 4) is 0 Å². The van der Waals surface area contributed by atoms with Crippen LogP contribution in [-0.2, 0) is 20.9 Å². The second kappa shape index (κ2) is 8.66. The van der Waals surface area contributed by atoms with Crippen molar-refractivity contribution in [3.63, 3.8) is 0 Å². The van der Waals surface area contributed by atoms with Gasteiger partial charge in [-0.25, -0.2) is 4.79 Å². The second-order valence-electron chi connectivity index (χ2n) is 4.76. The second-order valence-corrected chi connectivity index (χ2v) is 4.76. The Morgan fingerprint density at radius 3 is 2.23 bits per heavy atom. The highest BCUT2D eigenvalue weighted by Crippen LogP contribution is 2.12. The van der Waals surface area contributed by atoms with E-state index in [1.807, 2.05) is 6.07 Å². The third-order valence-corrected chi connectivity index (χ3v) is 3.05. The molecule has 1 atom stereocenters. The first-order valence-corrected chi connectivity index (χ1v) is 6.88. The molecule has 3 N–H and O–H groups in total. The first-order chi connectivity index (χ1) is 10.5. The average Bonchev–Trinajstić information content (AvgIpc) is 2.45. The number of amides is 1. The van der Waals surface area contributed by atoms with Crippen molar-refractivity contribution in [1.29, 1.82) is 0 Å². The normalized spacial score (nSPS) is 11.7. The minimum atomic E-state index is -1.70. The first-order valence-electron chi connectivity index (χ1n) is 6.88. The van der Waals surface area contributed by atoms with Gasteiger partial charge >= 0.3 is 18.0 Å². The van der Waals surface area contributed by atoms with Crippen molar-refractivity contribution >= 4 is 18.0 Å². The fraction of sp³-hybridized carbons (Fsp3) is 0.400. The van der Waals surface area contributed by atoms with Crippen molar-refractivity contribution < 1.29 is 29.3 Å². The first kappa shape index (κ1) is 17.5. The molecule has 1 rings (SSSR count). The van der Waals surface area contributed by atoms with Gasteiger partial charge in [0.25, 0.3) is 0 Å². The molecule has 0 spiro atoms. The number of carbonyl (C=O) groups excluding carboxylic acids is 1. The van der Waals surface area contributed by atoms with E-state index in [1.165, 1.54) is 0 Å². The van der Waals surface area contributed by atoms with E-state index in [-0.39, 0.29) is 13.0 Å². The van der Waals surface area contributed by atoms with Crippen LogP contribution < -0.4 is 5.32 Å². The van der Waals surface area contributed by atoms with E-state index < -0.39 is 30.0 Å². The molecule has 0 fully saturated rings. The van der Waals surface area contributed by atoms with Crippen LogP contribution in [0.5, 0.6) is 0 Å². The van der Waals surface area contributed by atoms with Crippen LogP contribution in [-0.4, -0.2) is 34.3 Å². The smallest absolute Gasteiger partial charge is 0.407 e. The molecule has 0 saturated carbocycles. The Hall–Kier alpha value is -2.57. The Bertz CT molecular complexity index is 502. The van der Waals surface area contributed by atoms with Gasteiger partial charge in [-0.15, -0.1) is 0 Å². The van der Waals surface area contributed by atoms with Gasteiger partial charge in [-0.2, -0.15) is 0 Å². The topological polar surface area (TPSA) is 113 Å². The summed E-state index contributed by atoms with van der Waals surface area (Å²) in [6, 6.07) is 7.93. The fourth-order valence-corrected chi connectivity index (χ4v) is 2.00. The van der Waals surface area contributed by atoms with E-state index in [4.69, 9.17) is 14.9 Å². The lowest BCUT2D eigenvalue weighted by Gasteiger charge is -2.21. The van der Waals surface area contributed by atoms with Gasteiger partial charge in [0.2, 0.25) is 0 Å². The van der Waals surface area contributed by atoms with Crippen molar-refractivity contribution in [2.45, 2.75) is 32.4 Å². The number of benzene rings is 1.